The molecule has 3 nitrogen and oxygen atoms in total. The number of hydrogen-bond acceptors (Lipinski definition) is 2. The summed E-state index contributed by atoms with van der Waals surface area (Å²) < 4.78 is 1.96. The van der Waals surface area contributed by atoms with Gasteiger partial charge in [0.05, 0.1) is 3.57 Å². The van der Waals surface area contributed by atoms with Crippen LogP contribution in [0.5, 0.6) is 0 Å². The van der Waals surface area contributed by atoms with E-state index in [1.807, 2.05) is 6.92 Å². The second-order valence-electron chi connectivity index (χ2n) is 4.20. The number of rotatable bonds is 2. The summed E-state index contributed by atoms with van der Waals surface area (Å²) in [6, 6.07) is 0. The normalized spacial score (nSPS) is 23.0. The fraction of sp³-hybridized carbons (Fsp3) is 0.455. The van der Waals surface area contributed by atoms with Crippen LogP contribution in [0.25, 0.3) is 0 Å². The van der Waals surface area contributed by atoms with Gasteiger partial charge >= 0.3 is 0 Å². The van der Waals surface area contributed by atoms with Crippen molar-refractivity contribution in [3.63, 3.8) is 0 Å². The molecule has 2 unspecified atom stereocenters. The molecular formula is C11H12BrIN2O. The summed E-state index contributed by atoms with van der Waals surface area (Å²) in [4.78, 5) is 16.0. The summed E-state index contributed by atoms with van der Waals surface area (Å²) in [7, 11) is 0. The molecule has 1 N–H and O–H groups in total. The van der Waals surface area contributed by atoms with Crippen LogP contribution in [0.15, 0.2) is 10.7 Å². The van der Waals surface area contributed by atoms with Crippen LogP contribution in [0.4, 0.5) is 5.82 Å². The quantitative estimate of drug-likeness (QED) is 0.781. The zero-order chi connectivity index (χ0) is 11.9. The highest BCUT2D eigenvalue weighted by atomic mass is 127. The molecule has 1 fully saturated rings. The Balaban J connectivity index is 2.16. The average molecular weight is 395 g/mol. The summed E-state index contributed by atoms with van der Waals surface area (Å²) in [5.74, 6) is 1.47. The predicted octanol–water partition coefficient (Wildman–Crippen LogP) is 3.35. The van der Waals surface area contributed by atoms with E-state index < -0.39 is 0 Å². The van der Waals surface area contributed by atoms with Gasteiger partial charge in [-0.05, 0) is 63.3 Å². The number of anilines is 1. The molecule has 1 aromatic heterocycles. The van der Waals surface area contributed by atoms with Crippen molar-refractivity contribution in [2.75, 3.05) is 5.32 Å². The van der Waals surface area contributed by atoms with E-state index >= 15 is 0 Å². The summed E-state index contributed by atoms with van der Waals surface area (Å²) in [5, 5.41) is 2.89. The number of halogens is 2. The third-order valence-corrected chi connectivity index (χ3v) is 5.01. The predicted molar refractivity (Wildman–Crippen MR) is 75.3 cm³/mol. The maximum Gasteiger partial charge on any atom is 0.228 e. The smallest absolute Gasteiger partial charge is 0.228 e. The van der Waals surface area contributed by atoms with Crippen molar-refractivity contribution >= 4 is 50.2 Å². The molecule has 86 valence electrons. The molecule has 0 saturated heterocycles. The highest BCUT2D eigenvalue weighted by Crippen LogP contribution is 2.38. The molecule has 0 spiro atoms. The van der Waals surface area contributed by atoms with E-state index in [-0.39, 0.29) is 11.8 Å². The van der Waals surface area contributed by atoms with Crippen LogP contribution >= 0.6 is 38.5 Å². The standard InChI is InChI=1S/C11H12BrIN2O/c1-5-3-7(5)11(16)15-10-9(13)6(2)8(12)4-14-10/h4-5,7H,3H2,1-2H3,(H,14,15,16). The first-order valence-electron chi connectivity index (χ1n) is 5.12. The molecule has 0 aromatic carbocycles. The van der Waals surface area contributed by atoms with Crippen molar-refractivity contribution in [3.8, 4) is 0 Å². The van der Waals surface area contributed by atoms with Crippen LogP contribution in [0.2, 0.25) is 0 Å². The van der Waals surface area contributed by atoms with Crippen LogP contribution in [-0.2, 0) is 4.79 Å². The molecule has 0 aliphatic heterocycles. The molecule has 1 heterocycles. The van der Waals surface area contributed by atoms with Gasteiger partial charge < -0.3 is 5.32 Å². The number of pyridine rings is 1. The minimum Gasteiger partial charge on any atom is -0.310 e. The number of nitrogens with zero attached hydrogens (tertiary/aromatic N) is 1. The molecule has 2 rings (SSSR count). The first kappa shape index (κ1) is 12.3. The number of hydrogen-bond donors (Lipinski definition) is 1. The molecule has 1 aliphatic rings. The van der Waals surface area contributed by atoms with Gasteiger partial charge in [-0.1, -0.05) is 6.92 Å². The van der Waals surface area contributed by atoms with Gasteiger partial charge in [0.15, 0.2) is 0 Å². The number of nitrogens with one attached hydrogen (secondary N) is 1. The lowest BCUT2D eigenvalue weighted by molar-refractivity contribution is -0.117. The van der Waals surface area contributed by atoms with Crippen LogP contribution < -0.4 is 5.32 Å². The second kappa shape index (κ2) is 4.60. The van der Waals surface area contributed by atoms with Crippen molar-refractivity contribution in [1.29, 1.82) is 0 Å². The monoisotopic (exact) mass is 394 g/mol. The van der Waals surface area contributed by atoms with Gasteiger partial charge in [0.1, 0.15) is 5.82 Å². The minimum absolute atomic E-state index is 0.0969. The lowest BCUT2D eigenvalue weighted by Gasteiger charge is -2.09. The van der Waals surface area contributed by atoms with Crippen molar-refractivity contribution in [2.45, 2.75) is 20.3 Å². The molecule has 1 saturated carbocycles. The summed E-state index contributed by atoms with van der Waals surface area (Å²) in [6.45, 7) is 4.10. The van der Waals surface area contributed by atoms with Crippen LogP contribution in [0, 0.1) is 22.3 Å². The van der Waals surface area contributed by atoms with E-state index in [2.05, 4.69) is 55.7 Å². The molecule has 1 amide bonds. The van der Waals surface area contributed by atoms with Crippen molar-refractivity contribution in [3.05, 3.63) is 19.8 Å². The first-order valence-corrected chi connectivity index (χ1v) is 6.99. The highest BCUT2D eigenvalue weighted by molar-refractivity contribution is 14.1. The minimum atomic E-state index is 0.0969. The van der Waals surface area contributed by atoms with E-state index in [4.69, 9.17) is 0 Å². The molecule has 0 radical (unpaired) electrons. The fourth-order valence-electron chi connectivity index (χ4n) is 1.54. The third kappa shape index (κ3) is 2.40. The number of amides is 1. The zero-order valence-electron chi connectivity index (χ0n) is 9.05. The number of carbonyl (C=O) groups excluding carboxylic acids is 1. The lowest BCUT2D eigenvalue weighted by atomic mass is 10.3. The summed E-state index contributed by atoms with van der Waals surface area (Å²) in [5.41, 5.74) is 1.11. The van der Waals surface area contributed by atoms with E-state index in [1.165, 1.54) is 0 Å². The third-order valence-electron chi connectivity index (χ3n) is 2.89. The molecule has 1 aliphatic carbocycles. The largest absolute Gasteiger partial charge is 0.310 e. The number of aromatic nitrogens is 1. The Morgan fingerprint density at radius 2 is 2.31 bits per heavy atom. The number of carbonyl (C=O) groups is 1. The second-order valence-corrected chi connectivity index (χ2v) is 6.14. The van der Waals surface area contributed by atoms with Crippen LogP contribution in [0.1, 0.15) is 18.9 Å². The highest BCUT2D eigenvalue weighted by Gasteiger charge is 2.39. The molecule has 0 bridgehead atoms. The molecule has 1 aromatic rings. The van der Waals surface area contributed by atoms with Gasteiger partial charge in [0.25, 0.3) is 0 Å². The Morgan fingerprint density at radius 1 is 1.69 bits per heavy atom. The van der Waals surface area contributed by atoms with Gasteiger partial charge in [-0.3, -0.25) is 4.79 Å². The van der Waals surface area contributed by atoms with E-state index in [0.29, 0.717) is 11.7 Å². The van der Waals surface area contributed by atoms with Crippen LogP contribution in [-0.4, -0.2) is 10.9 Å². The Kier molecular flexibility index (Phi) is 3.53. The van der Waals surface area contributed by atoms with Gasteiger partial charge in [0, 0.05) is 16.6 Å². The van der Waals surface area contributed by atoms with Gasteiger partial charge in [0.2, 0.25) is 5.91 Å². The molecule has 16 heavy (non-hydrogen) atoms. The SMILES string of the molecule is Cc1c(Br)cnc(NC(=O)C2CC2C)c1I. The zero-order valence-corrected chi connectivity index (χ0v) is 12.8. The van der Waals surface area contributed by atoms with E-state index in [1.54, 1.807) is 6.20 Å². The van der Waals surface area contributed by atoms with Gasteiger partial charge in [-0.2, -0.15) is 0 Å². The molecule has 5 heteroatoms. The Morgan fingerprint density at radius 3 is 2.88 bits per heavy atom. The molecular weight excluding hydrogens is 383 g/mol. The Bertz CT molecular complexity index is 450. The topological polar surface area (TPSA) is 42.0 Å². The lowest BCUT2D eigenvalue weighted by Crippen LogP contribution is -2.16. The fourth-order valence-corrected chi connectivity index (χ4v) is 2.78. The molecule has 2 atom stereocenters. The van der Waals surface area contributed by atoms with Gasteiger partial charge in [-0.15, -0.1) is 0 Å². The van der Waals surface area contributed by atoms with Crippen molar-refractivity contribution < 1.29 is 4.79 Å². The van der Waals surface area contributed by atoms with E-state index in [0.717, 1.165) is 20.0 Å². The summed E-state index contributed by atoms with van der Waals surface area (Å²) in [6.07, 6.45) is 2.72. The first-order chi connectivity index (χ1) is 7.50. The van der Waals surface area contributed by atoms with Crippen molar-refractivity contribution in [1.82, 2.24) is 4.98 Å². The van der Waals surface area contributed by atoms with Crippen LogP contribution in [0.3, 0.4) is 0 Å². The van der Waals surface area contributed by atoms with Crippen molar-refractivity contribution in [2.24, 2.45) is 11.8 Å². The maximum atomic E-state index is 11.8. The van der Waals surface area contributed by atoms with Gasteiger partial charge in [-0.25, -0.2) is 4.98 Å². The maximum absolute atomic E-state index is 11.8. The Labute approximate surface area is 117 Å². The average Bonchev–Trinajstić information content (AvgIpc) is 2.96. The Hall–Kier alpha value is -0.170. The summed E-state index contributed by atoms with van der Waals surface area (Å²) >= 11 is 5.62. The van der Waals surface area contributed by atoms with E-state index in [9.17, 15) is 4.79 Å².